The fraction of sp³-hybridized carbons (Fsp3) is 0.400. The van der Waals surface area contributed by atoms with E-state index in [4.69, 9.17) is 0 Å². The number of nitrogens with zero attached hydrogens (tertiary/aromatic N) is 3. The standard InChI is InChI=1S/C10H12BrN3/c1-3-4-14-10-6-8(11)7(2)5-9(10)12-13-14/h5-6H,3-4H2,1-2H3. The molecule has 1 aromatic heterocycles. The second kappa shape index (κ2) is 3.69. The molecule has 14 heavy (non-hydrogen) atoms. The lowest BCUT2D eigenvalue weighted by atomic mass is 10.2. The average Bonchev–Trinajstić information content (AvgIpc) is 2.51. The van der Waals surface area contributed by atoms with Gasteiger partial charge in [-0.25, -0.2) is 4.68 Å². The Morgan fingerprint density at radius 1 is 1.43 bits per heavy atom. The number of hydrogen-bond donors (Lipinski definition) is 0. The lowest BCUT2D eigenvalue weighted by Gasteiger charge is -2.00. The van der Waals surface area contributed by atoms with Crippen molar-refractivity contribution in [2.24, 2.45) is 0 Å². The first-order valence-electron chi connectivity index (χ1n) is 4.71. The van der Waals surface area contributed by atoms with Crippen LogP contribution in [0.2, 0.25) is 0 Å². The minimum Gasteiger partial charge on any atom is -0.245 e. The Balaban J connectivity index is 2.61. The highest BCUT2D eigenvalue weighted by Gasteiger charge is 2.05. The van der Waals surface area contributed by atoms with Gasteiger partial charge in [-0.15, -0.1) is 5.10 Å². The van der Waals surface area contributed by atoms with E-state index < -0.39 is 0 Å². The number of benzene rings is 1. The molecule has 0 saturated carbocycles. The van der Waals surface area contributed by atoms with Gasteiger partial charge in [0.05, 0.1) is 5.52 Å². The first-order chi connectivity index (χ1) is 6.72. The van der Waals surface area contributed by atoms with E-state index in [1.165, 1.54) is 5.56 Å². The summed E-state index contributed by atoms with van der Waals surface area (Å²) in [5.74, 6) is 0. The topological polar surface area (TPSA) is 30.7 Å². The molecule has 0 N–H and O–H groups in total. The number of aromatic nitrogens is 3. The molecule has 1 heterocycles. The molecule has 0 amide bonds. The number of halogens is 1. The van der Waals surface area contributed by atoms with E-state index in [0.717, 1.165) is 28.5 Å². The summed E-state index contributed by atoms with van der Waals surface area (Å²) in [6, 6.07) is 4.14. The third-order valence-corrected chi connectivity index (χ3v) is 3.08. The third-order valence-electron chi connectivity index (χ3n) is 2.23. The first-order valence-corrected chi connectivity index (χ1v) is 5.51. The number of hydrogen-bond acceptors (Lipinski definition) is 2. The Kier molecular flexibility index (Phi) is 2.54. The van der Waals surface area contributed by atoms with Crippen LogP contribution in [0.3, 0.4) is 0 Å². The van der Waals surface area contributed by atoms with Gasteiger partial charge in [0.15, 0.2) is 0 Å². The summed E-state index contributed by atoms with van der Waals surface area (Å²) in [5.41, 5.74) is 3.27. The first kappa shape index (κ1) is 9.65. The zero-order valence-corrected chi connectivity index (χ0v) is 9.87. The van der Waals surface area contributed by atoms with E-state index in [1.807, 2.05) is 4.68 Å². The van der Waals surface area contributed by atoms with Crippen molar-refractivity contribution < 1.29 is 0 Å². The van der Waals surface area contributed by atoms with Crippen LogP contribution in [-0.2, 0) is 6.54 Å². The molecule has 0 bridgehead atoms. The maximum atomic E-state index is 4.13. The van der Waals surface area contributed by atoms with Crippen LogP contribution in [0.15, 0.2) is 16.6 Å². The molecule has 2 rings (SSSR count). The van der Waals surface area contributed by atoms with Gasteiger partial charge in [0.1, 0.15) is 5.52 Å². The Bertz CT molecular complexity index is 462. The summed E-state index contributed by atoms with van der Waals surface area (Å²) >= 11 is 3.52. The second-order valence-corrected chi connectivity index (χ2v) is 4.26. The van der Waals surface area contributed by atoms with Gasteiger partial charge in [-0.2, -0.15) is 0 Å². The summed E-state index contributed by atoms with van der Waals surface area (Å²) < 4.78 is 3.06. The molecule has 0 aliphatic heterocycles. The molecule has 1 aromatic carbocycles. The highest BCUT2D eigenvalue weighted by Crippen LogP contribution is 2.22. The van der Waals surface area contributed by atoms with Crippen molar-refractivity contribution in [2.45, 2.75) is 26.8 Å². The van der Waals surface area contributed by atoms with Gasteiger partial charge >= 0.3 is 0 Å². The highest BCUT2D eigenvalue weighted by molar-refractivity contribution is 9.10. The van der Waals surface area contributed by atoms with Crippen LogP contribution in [0.4, 0.5) is 0 Å². The van der Waals surface area contributed by atoms with Crippen molar-refractivity contribution in [3.05, 3.63) is 22.2 Å². The van der Waals surface area contributed by atoms with Crippen molar-refractivity contribution in [1.82, 2.24) is 15.0 Å². The maximum absolute atomic E-state index is 4.13. The zero-order chi connectivity index (χ0) is 10.1. The summed E-state index contributed by atoms with van der Waals surface area (Å²) in [6.45, 7) is 5.12. The maximum Gasteiger partial charge on any atom is 0.113 e. The fourth-order valence-electron chi connectivity index (χ4n) is 1.47. The minimum absolute atomic E-state index is 0.923. The molecule has 0 fully saturated rings. The second-order valence-electron chi connectivity index (χ2n) is 3.40. The molecule has 4 heteroatoms. The molecule has 0 atom stereocenters. The normalized spacial score (nSPS) is 11.1. The summed E-state index contributed by atoms with van der Waals surface area (Å²) in [6.07, 6.45) is 1.07. The van der Waals surface area contributed by atoms with Crippen LogP contribution in [0, 0.1) is 6.92 Å². The summed E-state index contributed by atoms with van der Waals surface area (Å²) in [5, 5.41) is 8.24. The van der Waals surface area contributed by atoms with Gasteiger partial charge in [0.25, 0.3) is 0 Å². The van der Waals surface area contributed by atoms with E-state index in [-0.39, 0.29) is 0 Å². The van der Waals surface area contributed by atoms with Crippen LogP contribution in [0.1, 0.15) is 18.9 Å². The monoisotopic (exact) mass is 253 g/mol. The van der Waals surface area contributed by atoms with Gasteiger partial charge in [0.2, 0.25) is 0 Å². The zero-order valence-electron chi connectivity index (χ0n) is 8.29. The lowest BCUT2D eigenvalue weighted by molar-refractivity contribution is 0.595. The quantitative estimate of drug-likeness (QED) is 0.824. The van der Waals surface area contributed by atoms with Crippen LogP contribution in [0.25, 0.3) is 11.0 Å². The van der Waals surface area contributed by atoms with E-state index in [0.29, 0.717) is 0 Å². The van der Waals surface area contributed by atoms with Crippen LogP contribution in [0.5, 0.6) is 0 Å². The highest BCUT2D eigenvalue weighted by atomic mass is 79.9. The van der Waals surface area contributed by atoms with Crippen LogP contribution >= 0.6 is 15.9 Å². The fourth-order valence-corrected chi connectivity index (χ4v) is 1.80. The van der Waals surface area contributed by atoms with Crippen molar-refractivity contribution in [2.75, 3.05) is 0 Å². The van der Waals surface area contributed by atoms with Gasteiger partial charge < -0.3 is 0 Å². The van der Waals surface area contributed by atoms with E-state index in [2.05, 4.69) is 52.2 Å². The van der Waals surface area contributed by atoms with Crippen molar-refractivity contribution in [1.29, 1.82) is 0 Å². The van der Waals surface area contributed by atoms with E-state index >= 15 is 0 Å². The van der Waals surface area contributed by atoms with E-state index in [9.17, 15) is 0 Å². The molecule has 2 aromatic rings. The minimum atomic E-state index is 0.923. The largest absolute Gasteiger partial charge is 0.245 e. The smallest absolute Gasteiger partial charge is 0.113 e. The Morgan fingerprint density at radius 2 is 2.21 bits per heavy atom. The van der Waals surface area contributed by atoms with E-state index in [1.54, 1.807) is 0 Å². The molecule has 0 unspecified atom stereocenters. The van der Waals surface area contributed by atoms with Crippen LogP contribution < -0.4 is 0 Å². The number of aryl methyl sites for hydroxylation is 2. The van der Waals surface area contributed by atoms with Crippen molar-refractivity contribution >= 4 is 27.0 Å². The van der Waals surface area contributed by atoms with Gasteiger partial charge in [0, 0.05) is 11.0 Å². The van der Waals surface area contributed by atoms with Crippen molar-refractivity contribution in [3.8, 4) is 0 Å². The molecular formula is C10H12BrN3. The molecular weight excluding hydrogens is 242 g/mol. The number of rotatable bonds is 2. The predicted molar refractivity (Wildman–Crippen MR) is 60.3 cm³/mol. The molecule has 0 spiro atoms. The summed E-state index contributed by atoms with van der Waals surface area (Å²) in [7, 11) is 0. The van der Waals surface area contributed by atoms with Gasteiger partial charge in [-0.1, -0.05) is 28.1 Å². The van der Waals surface area contributed by atoms with Gasteiger partial charge in [-0.3, -0.25) is 0 Å². The van der Waals surface area contributed by atoms with Crippen LogP contribution in [-0.4, -0.2) is 15.0 Å². The average molecular weight is 254 g/mol. The molecule has 0 saturated heterocycles. The Morgan fingerprint density at radius 3 is 2.93 bits per heavy atom. The Labute approximate surface area is 91.2 Å². The summed E-state index contributed by atoms with van der Waals surface area (Å²) in [4.78, 5) is 0. The van der Waals surface area contributed by atoms with Crippen molar-refractivity contribution in [3.63, 3.8) is 0 Å². The third kappa shape index (κ3) is 1.54. The lowest BCUT2D eigenvalue weighted by Crippen LogP contribution is -1.98. The molecule has 0 aliphatic carbocycles. The molecule has 0 radical (unpaired) electrons. The molecule has 0 aliphatic rings. The Hall–Kier alpha value is -0.900. The SMILES string of the molecule is CCCn1nnc2cc(C)c(Br)cc21. The predicted octanol–water partition coefficient (Wildman–Crippen LogP) is 2.91. The number of fused-ring (bicyclic) bond motifs is 1. The molecule has 74 valence electrons. The van der Waals surface area contributed by atoms with Gasteiger partial charge in [-0.05, 0) is 31.0 Å². The molecule has 3 nitrogen and oxygen atoms in total.